The van der Waals surface area contributed by atoms with Gasteiger partial charge in [0.15, 0.2) is 11.3 Å². The van der Waals surface area contributed by atoms with Crippen LogP contribution in [0, 0.1) is 0 Å². The van der Waals surface area contributed by atoms with Crippen LogP contribution < -0.4 is 10.6 Å². The lowest BCUT2D eigenvalue weighted by Crippen LogP contribution is -2.17. The molecule has 0 bridgehead atoms. The lowest BCUT2D eigenvalue weighted by molar-refractivity contribution is 0.0507. The zero-order chi connectivity index (χ0) is 16.9. The van der Waals surface area contributed by atoms with Gasteiger partial charge in [-0.15, -0.1) is 23.2 Å². The first-order chi connectivity index (χ1) is 10.9. The van der Waals surface area contributed by atoms with E-state index in [0.717, 1.165) is 0 Å². The molecule has 13 heteroatoms. The predicted octanol–water partition coefficient (Wildman–Crippen LogP) is 0.817. The number of anilines is 1. The van der Waals surface area contributed by atoms with Crippen molar-refractivity contribution in [2.75, 3.05) is 31.9 Å². The Balaban J connectivity index is 1.75. The lowest BCUT2D eigenvalue weighted by Gasteiger charge is -2.13. The molecule has 1 unspecified atom stereocenters. The third-order valence-corrected chi connectivity index (χ3v) is 3.76. The van der Waals surface area contributed by atoms with E-state index in [9.17, 15) is 9.46 Å². The minimum absolute atomic E-state index is 0.0410. The number of alkyl halides is 2. The molecule has 128 valence electrons. The van der Waals surface area contributed by atoms with Crippen LogP contribution in [0.4, 0.5) is 5.82 Å². The van der Waals surface area contributed by atoms with Crippen molar-refractivity contribution in [1.82, 2.24) is 19.7 Å². The third kappa shape index (κ3) is 5.45. The van der Waals surface area contributed by atoms with Crippen LogP contribution in [-0.4, -0.2) is 55.6 Å². The lowest BCUT2D eigenvalue weighted by atomic mass is 10.5. The Hall–Kier alpha value is -1.16. The summed E-state index contributed by atoms with van der Waals surface area (Å²) in [7, 11) is -3.90. The van der Waals surface area contributed by atoms with Gasteiger partial charge < -0.3 is 24.7 Å². The fourth-order valence-corrected chi connectivity index (χ4v) is 2.63. The van der Waals surface area contributed by atoms with Crippen LogP contribution in [0.5, 0.6) is 0 Å². The molecule has 0 amide bonds. The Morgan fingerprint density at radius 2 is 2.13 bits per heavy atom. The monoisotopic (exact) mass is 385 g/mol. The van der Waals surface area contributed by atoms with Crippen LogP contribution in [0.2, 0.25) is 0 Å². The fraction of sp³-hybridized carbons (Fsp3) is 0.500. The van der Waals surface area contributed by atoms with Gasteiger partial charge in [0.1, 0.15) is 30.4 Å². The summed E-state index contributed by atoms with van der Waals surface area (Å²) in [5.74, 6) is 0.240. The molecule has 0 aliphatic heterocycles. The maximum Gasteiger partial charge on any atom is 0.353 e. The van der Waals surface area contributed by atoms with Gasteiger partial charge in [-0.3, -0.25) is 4.57 Å². The molecule has 0 aliphatic rings. The molecule has 10 nitrogen and oxygen atoms in total. The number of fused-ring (bicyclic) bond motifs is 1. The highest BCUT2D eigenvalue weighted by Gasteiger charge is 2.21. The van der Waals surface area contributed by atoms with Crippen molar-refractivity contribution >= 4 is 47.8 Å². The number of nitrogens with zero attached hydrogens (tertiary/aromatic N) is 4. The van der Waals surface area contributed by atoms with E-state index >= 15 is 0 Å². The highest BCUT2D eigenvalue weighted by molar-refractivity contribution is 7.52. The number of nitrogens with two attached hydrogens (primary N) is 1. The molecule has 0 radical (unpaired) electrons. The van der Waals surface area contributed by atoms with Gasteiger partial charge in [-0.2, -0.15) is 4.73 Å². The maximum atomic E-state index is 11.5. The zero-order valence-corrected chi connectivity index (χ0v) is 14.1. The van der Waals surface area contributed by atoms with Gasteiger partial charge in [0.25, 0.3) is 0 Å². The summed E-state index contributed by atoms with van der Waals surface area (Å²) >= 11 is 10.8. The van der Waals surface area contributed by atoms with Gasteiger partial charge >= 0.3 is 7.60 Å². The zero-order valence-electron chi connectivity index (χ0n) is 11.7. The van der Waals surface area contributed by atoms with Gasteiger partial charge in [-0.1, -0.05) is 0 Å². The Labute approximate surface area is 141 Å². The van der Waals surface area contributed by atoms with E-state index in [1.54, 1.807) is 0 Å². The topological polar surface area (TPSA) is 135 Å². The first-order valence-corrected chi connectivity index (χ1v) is 8.91. The number of halogens is 2. The molecule has 2 rings (SSSR count). The molecule has 2 aromatic heterocycles. The van der Waals surface area contributed by atoms with Crippen LogP contribution >= 0.6 is 30.8 Å². The van der Waals surface area contributed by atoms with E-state index in [0.29, 0.717) is 11.2 Å². The van der Waals surface area contributed by atoms with Gasteiger partial charge in [0, 0.05) is 0 Å². The Morgan fingerprint density at radius 3 is 2.87 bits per heavy atom. The molecule has 0 spiro atoms. The number of rotatable bonds is 9. The van der Waals surface area contributed by atoms with Crippen LogP contribution in [-0.2, 0) is 13.8 Å². The largest absolute Gasteiger partial charge is 0.408 e. The van der Waals surface area contributed by atoms with Crippen molar-refractivity contribution < 1.29 is 23.6 Å². The highest BCUT2D eigenvalue weighted by Crippen LogP contribution is 2.42. The minimum atomic E-state index is -3.90. The van der Waals surface area contributed by atoms with Crippen molar-refractivity contribution in [2.45, 2.75) is 4.84 Å². The van der Waals surface area contributed by atoms with E-state index in [1.165, 1.54) is 17.4 Å². The summed E-state index contributed by atoms with van der Waals surface area (Å²) < 4.78 is 22.5. The van der Waals surface area contributed by atoms with Gasteiger partial charge in [-0.25, -0.2) is 15.0 Å². The number of nitrogen functional groups attached to an aromatic ring is 1. The number of aromatic nitrogens is 4. The minimum Gasteiger partial charge on any atom is -0.408 e. The smallest absolute Gasteiger partial charge is 0.353 e. The standard InChI is InChI=1S/C10H14Cl2N5O5P/c11-7(12)3-22-23(18,19)6-20-1-2-21-17-5-16-8-9(13)14-4-15-10(8)17/h4-5,7H,1-3,6H2,(H,18,19)(H2,13,14,15). The summed E-state index contributed by atoms with van der Waals surface area (Å²) in [6, 6.07) is 0. The Bertz CT molecular complexity index is 699. The molecule has 2 aromatic rings. The molecule has 0 aromatic carbocycles. The number of ether oxygens (including phenoxy) is 1. The molecule has 1 atom stereocenters. The van der Waals surface area contributed by atoms with Crippen molar-refractivity contribution in [1.29, 1.82) is 0 Å². The molecule has 0 fully saturated rings. The molecule has 0 aliphatic carbocycles. The van der Waals surface area contributed by atoms with Crippen LogP contribution in [0.15, 0.2) is 12.7 Å². The molecule has 0 saturated carbocycles. The van der Waals surface area contributed by atoms with E-state index in [4.69, 9.17) is 38.5 Å². The quantitative estimate of drug-likeness (QED) is 0.365. The fourth-order valence-electron chi connectivity index (χ4n) is 1.51. The van der Waals surface area contributed by atoms with E-state index < -0.39 is 18.8 Å². The number of imidazole rings is 1. The summed E-state index contributed by atoms with van der Waals surface area (Å²) in [6.45, 7) is -0.138. The van der Waals surface area contributed by atoms with E-state index in [1.807, 2.05) is 0 Å². The maximum absolute atomic E-state index is 11.5. The summed E-state index contributed by atoms with van der Waals surface area (Å²) in [4.78, 5) is 25.7. The average Bonchev–Trinajstić information content (AvgIpc) is 2.90. The van der Waals surface area contributed by atoms with Crippen molar-refractivity contribution in [3.63, 3.8) is 0 Å². The van der Waals surface area contributed by atoms with E-state index in [-0.39, 0.29) is 25.6 Å². The Morgan fingerprint density at radius 1 is 1.35 bits per heavy atom. The van der Waals surface area contributed by atoms with E-state index in [2.05, 4.69) is 19.5 Å². The molecule has 2 heterocycles. The second-order valence-electron chi connectivity index (χ2n) is 4.20. The van der Waals surface area contributed by atoms with Crippen LogP contribution in [0.1, 0.15) is 0 Å². The SMILES string of the molecule is Nc1ncnc2c1ncn2OCCOCP(=O)(O)OCC(Cl)Cl. The molecular weight excluding hydrogens is 372 g/mol. The second kappa shape index (κ2) is 8.09. The van der Waals surface area contributed by atoms with Crippen molar-refractivity contribution in [3.05, 3.63) is 12.7 Å². The normalized spacial score (nSPS) is 14.3. The van der Waals surface area contributed by atoms with Crippen LogP contribution in [0.3, 0.4) is 0 Å². The summed E-state index contributed by atoms with van der Waals surface area (Å²) in [5, 5.41) is 0. The Kier molecular flexibility index (Phi) is 6.40. The second-order valence-corrected chi connectivity index (χ2v) is 7.26. The first-order valence-electron chi connectivity index (χ1n) is 6.28. The molecule has 3 N–H and O–H groups in total. The third-order valence-electron chi connectivity index (χ3n) is 2.45. The molecule has 0 saturated heterocycles. The summed E-state index contributed by atoms with van der Waals surface area (Å²) in [6.07, 6.45) is 2.17. The van der Waals surface area contributed by atoms with Gasteiger partial charge in [-0.05, 0) is 0 Å². The van der Waals surface area contributed by atoms with Gasteiger partial charge in [0.05, 0.1) is 13.2 Å². The average molecular weight is 386 g/mol. The first kappa shape index (κ1) is 18.2. The highest BCUT2D eigenvalue weighted by atomic mass is 35.5. The molecular formula is C10H14Cl2N5O5P. The summed E-state index contributed by atoms with van der Waals surface area (Å²) in [5.41, 5.74) is 6.47. The van der Waals surface area contributed by atoms with Crippen LogP contribution in [0.25, 0.3) is 11.2 Å². The molecule has 23 heavy (non-hydrogen) atoms. The number of hydrogen-bond acceptors (Lipinski definition) is 8. The number of hydrogen-bond donors (Lipinski definition) is 2. The van der Waals surface area contributed by atoms with Crippen molar-refractivity contribution in [3.8, 4) is 0 Å². The van der Waals surface area contributed by atoms with Gasteiger partial charge in [0.2, 0.25) is 5.65 Å². The predicted molar refractivity (Wildman–Crippen MR) is 83.3 cm³/mol. The van der Waals surface area contributed by atoms with Crippen molar-refractivity contribution in [2.24, 2.45) is 0 Å².